The Kier molecular flexibility index (Phi) is 6.84. The summed E-state index contributed by atoms with van der Waals surface area (Å²) in [5.41, 5.74) is 1.03. The highest BCUT2D eigenvalue weighted by molar-refractivity contribution is 5.90. The van der Waals surface area contributed by atoms with Crippen molar-refractivity contribution in [2.45, 2.75) is 26.2 Å². The molecule has 0 radical (unpaired) electrons. The van der Waals surface area contributed by atoms with Crippen molar-refractivity contribution in [3.63, 3.8) is 0 Å². The molecule has 0 aliphatic rings. The molecule has 0 saturated carbocycles. The molecule has 2 aromatic heterocycles. The normalized spacial score (nSPS) is 10.3. The number of hydrogen-bond acceptors (Lipinski definition) is 8. The summed E-state index contributed by atoms with van der Waals surface area (Å²) >= 11 is 0. The highest BCUT2D eigenvalue weighted by atomic mass is 16.3. The smallest absolute Gasteiger partial charge is 0.224 e. The first kappa shape index (κ1) is 18.3. The highest BCUT2D eigenvalue weighted by Gasteiger charge is 2.08. The van der Waals surface area contributed by atoms with Gasteiger partial charge in [-0.3, -0.25) is 14.6 Å². The van der Waals surface area contributed by atoms with Gasteiger partial charge >= 0.3 is 0 Å². The first-order chi connectivity index (χ1) is 12.1. The average Bonchev–Trinajstić information content (AvgIpc) is 2.61. The topological polar surface area (TPSA) is 143 Å². The van der Waals surface area contributed by atoms with Gasteiger partial charge in [0.15, 0.2) is 5.82 Å². The van der Waals surface area contributed by atoms with E-state index in [0.29, 0.717) is 29.5 Å². The zero-order chi connectivity index (χ0) is 18.1. The SMILES string of the molecule is Cc1nnc(-c2ccc(NC(=O)CCCC(=O)NCCO)cn2)nn1. The van der Waals surface area contributed by atoms with Crippen molar-refractivity contribution in [3.8, 4) is 11.5 Å². The molecule has 3 N–H and O–H groups in total. The monoisotopic (exact) mass is 345 g/mol. The van der Waals surface area contributed by atoms with E-state index in [1.54, 1.807) is 19.1 Å². The Morgan fingerprint density at radius 3 is 2.44 bits per heavy atom. The zero-order valence-electron chi connectivity index (χ0n) is 13.8. The van der Waals surface area contributed by atoms with E-state index in [-0.39, 0.29) is 37.8 Å². The number of aromatic nitrogens is 5. The summed E-state index contributed by atoms with van der Waals surface area (Å²) in [6, 6.07) is 3.34. The van der Waals surface area contributed by atoms with Gasteiger partial charge in [0, 0.05) is 19.4 Å². The molecule has 10 nitrogen and oxygen atoms in total. The van der Waals surface area contributed by atoms with E-state index in [2.05, 4.69) is 36.0 Å². The Labute approximate surface area is 144 Å². The summed E-state index contributed by atoms with van der Waals surface area (Å²) in [6.07, 6.45) is 2.35. The number of aliphatic hydroxyl groups is 1. The third-order valence-electron chi connectivity index (χ3n) is 3.10. The highest BCUT2D eigenvalue weighted by Crippen LogP contribution is 2.13. The molecule has 0 spiro atoms. The van der Waals surface area contributed by atoms with Gasteiger partial charge in [-0.1, -0.05) is 0 Å². The van der Waals surface area contributed by atoms with E-state index < -0.39 is 0 Å². The van der Waals surface area contributed by atoms with Crippen molar-refractivity contribution in [2.75, 3.05) is 18.5 Å². The Morgan fingerprint density at radius 1 is 1.08 bits per heavy atom. The Bertz CT molecular complexity index is 704. The molecule has 2 aromatic rings. The first-order valence-electron chi connectivity index (χ1n) is 7.76. The van der Waals surface area contributed by atoms with Gasteiger partial charge in [-0.25, -0.2) is 0 Å². The second-order valence-corrected chi connectivity index (χ2v) is 5.18. The number of nitrogens with zero attached hydrogens (tertiary/aromatic N) is 5. The Balaban J connectivity index is 1.79. The van der Waals surface area contributed by atoms with Gasteiger partial charge in [-0.2, -0.15) is 0 Å². The van der Waals surface area contributed by atoms with Gasteiger partial charge < -0.3 is 15.7 Å². The van der Waals surface area contributed by atoms with Gasteiger partial charge in [0.25, 0.3) is 0 Å². The summed E-state index contributed by atoms with van der Waals surface area (Å²) in [5, 5.41) is 29.2. The van der Waals surface area contributed by atoms with E-state index >= 15 is 0 Å². The van der Waals surface area contributed by atoms with Crippen LogP contribution in [0.4, 0.5) is 5.69 Å². The number of hydrogen-bond donors (Lipinski definition) is 3. The minimum absolute atomic E-state index is 0.102. The number of amides is 2. The fourth-order valence-electron chi connectivity index (χ4n) is 1.90. The number of pyridine rings is 1. The lowest BCUT2D eigenvalue weighted by atomic mass is 10.2. The average molecular weight is 345 g/mol. The molecular formula is C15H19N7O3. The van der Waals surface area contributed by atoms with Gasteiger partial charge in [-0.15, -0.1) is 20.4 Å². The molecule has 0 aliphatic carbocycles. The summed E-state index contributed by atoms with van der Waals surface area (Å²) in [4.78, 5) is 27.4. The lowest BCUT2D eigenvalue weighted by Gasteiger charge is -2.06. The summed E-state index contributed by atoms with van der Waals surface area (Å²) in [6.45, 7) is 1.81. The number of anilines is 1. The molecule has 0 atom stereocenters. The third-order valence-corrected chi connectivity index (χ3v) is 3.10. The minimum Gasteiger partial charge on any atom is -0.395 e. The molecule has 0 aliphatic heterocycles. The fraction of sp³-hybridized carbons (Fsp3) is 0.400. The van der Waals surface area contributed by atoms with Crippen LogP contribution in [0.2, 0.25) is 0 Å². The van der Waals surface area contributed by atoms with Crippen LogP contribution in [0.15, 0.2) is 18.3 Å². The molecule has 10 heteroatoms. The Morgan fingerprint density at radius 2 is 1.80 bits per heavy atom. The summed E-state index contributed by atoms with van der Waals surface area (Å²) < 4.78 is 0. The number of nitrogens with one attached hydrogen (secondary N) is 2. The first-order valence-corrected chi connectivity index (χ1v) is 7.76. The number of carbonyl (C=O) groups excluding carboxylic acids is 2. The van der Waals surface area contributed by atoms with Crippen molar-refractivity contribution in [1.29, 1.82) is 0 Å². The minimum atomic E-state index is -0.209. The molecule has 0 fully saturated rings. The molecule has 0 bridgehead atoms. The zero-order valence-corrected chi connectivity index (χ0v) is 13.8. The maximum absolute atomic E-state index is 11.8. The van der Waals surface area contributed by atoms with E-state index in [9.17, 15) is 9.59 Å². The van der Waals surface area contributed by atoms with Crippen LogP contribution in [-0.4, -0.2) is 55.5 Å². The summed E-state index contributed by atoms with van der Waals surface area (Å²) in [7, 11) is 0. The standard InChI is InChI=1S/C15H19N7O3/c1-10-19-21-15(22-20-10)12-6-5-11(9-17-12)18-14(25)4-2-3-13(24)16-7-8-23/h5-6,9,23H,2-4,7-8H2,1H3,(H,16,24)(H,18,25). The van der Waals surface area contributed by atoms with E-state index in [1.807, 2.05) is 0 Å². The van der Waals surface area contributed by atoms with Gasteiger partial charge in [0.05, 0.1) is 18.5 Å². The lowest BCUT2D eigenvalue weighted by Crippen LogP contribution is -2.26. The van der Waals surface area contributed by atoms with E-state index in [0.717, 1.165) is 0 Å². The second-order valence-electron chi connectivity index (χ2n) is 5.18. The molecule has 2 amide bonds. The molecule has 2 rings (SSSR count). The van der Waals surface area contributed by atoms with Crippen LogP contribution in [0.3, 0.4) is 0 Å². The molecule has 2 heterocycles. The van der Waals surface area contributed by atoms with Crippen LogP contribution < -0.4 is 10.6 Å². The van der Waals surface area contributed by atoms with E-state index in [4.69, 9.17) is 5.11 Å². The quantitative estimate of drug-likeness (QED) is 0.599. The third kappa shape index (κ3) is 6.18. The van der Waals surface area contributed by atoms with Crippen LogP contribution in [-0.2, 0) is 9.59 Å². The van der Waals surface area contributed by atoms with Crippen molar-refractivity contribution < 1.29 is 14.7 Å². The number of aliphatic hydroxyl groups excluding tert-OH is 1. The van der Waals surface area contributed by atoms with Crippen LogP contribution in [0.25, 0.3) is 11.5 Å². The van der Waals surface area contributed by atoms with Crippen molar-refractivity contribution >= 4 is 17.5 Å². The van der Waals surface area contributed by atoms with Crippen LogP contribution in [0.1, 0.15) is 25.1 Å². The van der Waals surface area contributed by atoms with E-state index in [1.165, 1.54) is 6.20 Å². The molecule has 0 unspecified atom stereocenters. The van der Waals surface area contributed by atoms with Crippen LogP contribution >= 0.6 is 0 Å². The predicted octanol–water partition coefficient (Wildman–Crippen LogP) is -0.146. The fourth-order valence-corrected chi connectivity index (χ4v) is 1.90. The predicted molar refractivity (Wildman–Crippen MR) is 88.2 cm³/mol. The molecule has 0 aromatic carbocycles. The van der Waals surface area contributed by atoms with Crippen molar-refractivity contribution in [3.05, 3.63) is 24.2 Å². The lowest BCUT2D eigenvalue weighted by molar-refractivity contribution is -0.121. The molecular weight excluding hydrogens is 326 g/mol. The molecule has 132 valence electrons. The van der Waals surface area contributed by atoms with Crippen LogP contribution in [0.5, 0.6) is 0 Å². The van der Waals surface area contributed by atoms with Gasteiger partial charge in [0.2, 0.25) is 17.6 Å². The second kappa shape index (κ2) is 9.33. The number of rotatable bonds is 8. The maximum Gasteiger partial charge on any atom is 0.224 e. The molecule has 0 saturated heterocycles. The molecule has 25 heavy (non-hydrogen) atoms. The van der Waals surface area contributed by atoms with Crippen LogP contribution in [0, 0.1) is 6.92 Å². The summed E-state index contributed by atoms with van der Waals surface area (Å²) in [5.74, 6) is 0.377. The largest absolute Gasteiger partial charge is 0.395 e. The maximum atomic E-state index is 11.8. The Hall–Kier alpha value is -3.01. The van der Waals surface area contributed by atoms with Crippen molar-refractivity contribution in [1.82, 2.24) is 30.7 Å². The van der Waals surface area contributed by atoms with Gasteiger partial charge in [-0.05, 0) is 25.5 Å². The number of carbonyl (C=O) groups is 2. The van der Waals surface area contributed by atoms with Crippen molar-refractivity contribution in [2.24, 2.45) is 0 Å². The number of aryl methyl sites for hydroxylation is 1. The van der Waals surface area contributed by atoms with Gasteiger partial charge in [0.1, 0.15) is 5.69 Å².